The lowest BCUT2D eigenvalue weighted by Crippen LogP contribution is -2.27. The summed E-state index contributed by atoms with van der Waals surface area (Å²) >= 11 is 0. The van der Waals surface area contributed by atoms with Gasteiger partial charge in [-0.05, 0) is 18.6 Å². The summed E-state index contributed by atoms with van der Waals surface area (Å²) in [5, 5.41) is 13.9. The number of nitriles is 1. The first-order valence-corrected chi connectivity index (χ1v) is 6.55. The van der Waals surface area contributed by atoms with Gasteiger partial charge in [-0.15, -0.1) is 5.10 Å². The highest BCUT2D eigenvalue weighted by Gasteiger charge is 2.26. The van der Waals surface area contributed by atoms with Crippen molar-refractivity contribution >= 4 is 11.6 Å². The first-order chi connectivity index (χ1) is 9.70. The summed E-state index contributed by atoms with van der Waals surface area (Å²) in [6.45, 7) is 1.51. The number of para-hydroxylation sites is 1. The van der Waals surface area contributed by atoms with Gasteiger partial charge in [0.15, 0.2) is 5.82 Å². The van der Waals surface area contributed by atoms with Crippen molar-refractivity contribution < 1.29 is 0 Å². The van der Waals surface area contributed by atoms with Gasteiger partial charge in [-0.1, -0.05) is 18.2 Å². The van der Waals surface area contributed by atoms with E-state index < -0.39 is 0 Å². The minimum atomic E-state index is 0.129. The fraction of sp³-hybridized carbons (Fsp3) is 0.286. The second kappa shape index (κ2) is 4.87. The van der Waals surface area contributed by atoms with Gasteiger partial charge in [-0.3, -0.25) is 0 Å². The number of anilines is 2. The van der Waals surface area contributed by atoms with Crippen LogP contribution in [0.1, 0.15) is 12.0 Å². The summed E-state index contributed by atoms with van der Waals surface area (Å²) < 4.78 is 1.61. The van der Waals surface area contributed by atoms with Gasteiger partial charge in [0, 0.05) is 19.1 Å². The third kappa shape index (κ3) is 1.98. The largest absolute Gasteiger partial charge is 0.382 e. The predicted octanol–water partition coefficient (Wildman–Crippen LogP) is 0.864. The number of nitrogens with two attached hydrogens (primary N) is 2. The number of nitrogens with zero attached hydrogens (tertiary/aromatic N) is 4. The van der Waals surface area contributed by atoms with E-state index in [-0.39, 0.29) is 6.04 Å². The molecule has 0 aliphatic carbocycles. The Labute approximate surface area is 117 Å². The van der Waals surface area contributed by atoms with Crippen molar-refractivity contribution in [2.45, 2.75) is 12.5 Å². The van der Waals surface area contributed by atoms with Crippen LogP contribution in [-0.4, -0.2) is 28.9 Å². The van der Waals surface area contributed by atoms with E-state index in [0.717, 1.165) is 18.7 Å². The maximum Gasteiger partial charge on any atom is 0.171 e. The van der Waals surface area contributed by atoms with Gasteiger partial charge < -0.3 is 16.4 Å². The molecular formula is C14H16N6. The van der Waals surface area contributed by atoms with Crippen molar-refractivity contribution in [3.8, 4) is 11.8 Å². The van der Waals surface area contributed by atoms with Gasteiger partial charge in [-0.2, -0.15) is 5.26 Å². The molecule has 1 aliphatic rings. The molecule has 2 aromatic rings. The monoisotopic (exact) mass is 268 g/mol. The zero-order valence-corrected chi connectivity index (χ0v) is 11.0. The van der Waals surface area contributed by atoms with E-state index in [2.05, 4.69) is 11.2 Å². The third-order valence-electron chi connectivity index (χ3n) is 3.54. The molecule has 1 aliphatic heterocycles. The smallest absolute Gasteiger partial charge is 0.171 e. The molecule has 0 amide bonds. The van der Waals surface area contributed by atoms with Crippen LogP contribution < -0.4 is 16.4 Å². The summed E-state index contributed by atoms with van der Waals surface area (Å²) in [4.78, 5) is 2.03. The number of nitrogen functional groups attached to an aromatic ring is 1. The SMILES string of the molecule is N#Cc1c(N2CCC(N)C2)nn(-c2ccccc2)c1N. The van der Waals surface area contributed by atoms with Gasteiger partial charge >= 0.3 is 0 Å². The molecule has 2 heterocycles. The summed E-state index contributed by atoms with van der Waals surface area (Å²) in [5.41, 5.74) is 13.3. The minimum Gasteiger partial charge on any atom is -0.382 e. The van der Waals surface area contributed by atoms with Crippen LogP contribution in [-0.2, 0) is 0 Å². The molecule has 102 valence electrons. The van der Waals surface area contributed by atoms with Crippen molar-refractivity contribution in [2.24, 2.45) is 5.73 Å². The molecule has 0 radical (unpaired) electrons. The molecule has 6 nitrogen and oxygen atoms in total. The Morgan fingerprint density at radius 3 is 2.65 bits per heavy atom. The Hall–Kier alpha value is -2.52. The number of hydrogen-bond donors (Lipinski definition) is 2. The Balaban J connectivity index is 2.06. The molecule has 4 N–H and O–H groups in total. The van der Waals surface area contributed by atoms with E-state index in [9.17, 15) is 5.26 Å². The molecule has 0 bridgehead atoms. The second-order valence-corrected chi connectivity index (χ2v) is 4.94. The van der Waals surface area contributed by atoms with Crippen molar-refractivity contribution in [3.63, 3.8) is 0 Å². The predicted molar refractivity (Wildman–Crippen MR) is 77.5 cm³/mol. The molecule has 6 heteroatoms. The van der Waals surface area contributed by atoms with Gasteiger partial charge in [0.05, 0.1) is 5.69 Å². The maximum atomic E-state index is 9.34. The fourth-order valence-electron chi connectivity index (χ4n) is 2.49. The molecule has 20 heavy (non-hydrogen) atoms. The Bertz CT molecular complexity index is 654. The van der Waals surface area contributed by atoms with Crippen LogP contribution in [0.5, 0.6) is 0 Å². The van der Waals surface area contributed by atoms with Gasteiger partial charge in [0.25, 0.3) is 0 Å². The maximum absolute atomic E-state index is 9.34. The van der Waals surface area contributed by atoms with Crippen LogP contribution in [0.2, 0.25) is 0 Å². The Kier molecular flexibility index (Phi) is 3.05. The Morgan fingerprint density at radius 1 is 1.30 bits per heavy atom. The highest BCUT2D eigenvalue weighted by atomic mass is 15.4. The molecule has 1 atom stereocenters. The zero-order chi connectivity index (χ0) is 14.1. The number of benzene rings is 1. The van der Waals surface area contributed by atoms with E-state index in [0.29, 0.717) is 23.7 Å². The lowest BCUT2D eigenvalue weighted by molar-refractivity contribution is 0.750. The summed E-state index contributed by atoms with van der Waals surface area (Å²) in [7, 11) is 0. The number of hydrogen-bond acceptors (Lipinski definition) is 5. The van der Waals surface area contributed by atoms with E-state index in [4.69, 9.17) is 11.5 Å². The molecule has 0 spiro atoms. The van der Waals surface area contributed by atoms with E-state index in [1.54, 1.807) is 4.68 Å². The van der Waals surface area contributed by atoms with Crippen molar-refractivity contribution in [3.05, 3.63) is 35.9 Å². The average Bonchev–Trinajstić information content (AvgIpc) is 3.03. The molecular weight excluding hydrogens is 252 g/mol. The molecule has 1 saturated heterocycles. The van der Waals surface area contributed by atoms with Gasteiger partial charge in [0.1, 0.15) is 17.5 Å². The lowest BCUT2D eigenvalue weighted by atomic mass is 10.3. The van der Waals surface area contributed by atoms with Gasteiger partial charge in [-0.25, -0.2) is 4.68 Å². The third-order valence-corrected chi connectivity index (χ3v) is 3.54. The van der Waals surface area contributed by atoms with Crippen LogP contribution in [0.4, 0.5) is 11.6 Å². The summed E-state index contributed by atoms with van der Waals surface area (Å²) in [5.74, 6) is 0.996. The summed E-state index contributed by atoms with van der Waals surface area (Å²) in [6, 6.07) is 11.8. The van der Waals surface area contributed by atoms with Crippen LogP contribution >= 0.6 is 0 Å². The second-order valence-electron chi connectivity index (χ2n) is 4.94. The Morgan fingerprint density at radius 2 is 2.05 bits per heavy atom. The molecule has 1 aromatic carbocycles. The molecule has 3 rings (SSSR count). The first-order valence-electron chi connectivity index (χ1n) is 6.55. The fourth-order valence-corrected chi connectivity index (χ4v) is 2.49. The van der Waals surface area contributed by atoms with E-state index in [1.807, 2.05) is 35.2 Å². The van der Waals surface area contributed by atoms with Crippen molar-refractivity contribution in [1.29, 1.82) is 5.26 Å². The zero-order valence-electron chi connectivity index (χ0n) is 11.0. The summed E-state index contributed by atoms with van der Waals surface area (Å²) in [6.07, 6.45) is 0.906. The number of aromatic nitrogens is 2. The number of rotatable bonds is 2. The molecule has 0 saturated carbocycles. The van der Waals surface area contributed by atoms with Gasteiger partial charge in [0.2, 0.25) is 0 Å². The minimum absolute atomic E-state index is 0.129. The average molecular weight is 268 g/mol. The van der Waals surface area contributed by atoms with E-state index in [1.165, 1.54) is 0 Å². The lowest BCUT2D eigenvalue weighted by Gasteiger charge is -2.14. The highest BCUT2D eigenvalue weighted by Crippen LogP contribution is 2.28. The first kappa shape index (κ1) is 12.5. The molecule has 1 fully saturated rings. The highest BCUT2D eigenvalue weighted by molar-refractivity contribution is 5.67. The van der Waals surface area contributed by atoms with E-state index >= 15 is 0 Å². The van der Waals surface area contributed by atoms with Crippen LogP contribution in [0.15, 0.2) is 30.3 Å². The topological polar surface area (TPSA) is 96.9 Å². The van der Waals surface area contributed by atoms with Crippen LogP contribution in [0.25, 0.3) is 5.69 Å². The van der Waals surface area contributed by atoms with Crippen molar-refractivity contribution in [2.75, 3.05) is 23.7 Å². The normalized spacial score (nSPS) is 18.2. The standard InChI is InChI=1S/C14H16N6/c15-8-12-13(17)20(11-4-2-1-3-5-11)18-14(12)19-7-6-10(16)9-19/h1-5,10H,6-7,9,16-17H2. The molecule has 1 unspecified atom stereocenters. The molecule has 1 aromatic heterocycles. The van der Waals surface area contributed by atoms with Crippen LogP contribution in [0, 0.1) is 11.3 Å². The quantitative estimate of drug-likeness (QED) is 0.842. The van der Waals surface area contributed by atoms with Crippen molar-refractivity contribution in [1.82, 2.24) is 9.78 Å². The van der Waals surface area contributed by atoms with Crippen LogP contribution in [0.3, 0.4) is 0 Å².